The Morgan fingerprint density at radius 3 is 1.43 bits per heavy atom. The molecule has 0 aliphatic carbocycles. The van der Waals surface area contributed by atoms with Crippen LogP contribution in [0.1, 0.15) is 13.8 Å². The molecule has 6 nitrogen and oxygen atoms in total. The smallest absolute Gasteiger partial charge is 0.563 e. The van der Waals surface area contributed by atoms with Crippen LogP contribution in [0.15, 0.2) is 0 Å². The summed E-state index contributed by atoms with van der Waals surface area (Å²) in [4.78, 5) is 18.5. The molecule has 0 radical (unpaired) electrons. The van der Waals surface area contributed by atoms with Gasteiger partial charge in [-0.3, -0.25) is 0 Å². The van der Waals surface area contributed by atoms with Crippen molar-refractivity contribution >= 4 is 16.5 Å². The van der Waals surface area contributed by atoms with Crippen LogP contribution < -0.4 is 68.9 Å². The van der Waals surface area contributed by atoms with Crippen molar-refractivity contribution in [1.29, 1.82) is 0 Å². The molecule has 10 heteroatoms. The van der Waals surface area contributed by atoms with E-state index in [2.05, 4.69) is 4.31 Å². The van der Waals surface area contributed by atoms with Crippen molar-refractivity contribution in [2.75, 3.05) is 6.61 Å². The summed E-state index contributed by atoms with van der Waals surface area (Å²) in [5, 5.41) is 8.14. The van der Waals surface area contributed by atoms with Gasteiger partial charge in [-0.05, 0) is 15.0 Å². The second kappa shape index (κ2) is 17.4. The van der Waals surface area contributed by atoms with E-state index in [1.54, 1.807) is 0 Å². The predicted molar refractivity (Wildman–Crippen MR) is 38.2 cm³/mol. The largest absolute Gasteiger partial charge is 1.00 e. The van der Waals surface area contributed by atoms with Crippen molar-refractivity contribution in [1.82, 2.24) is 0 Å². The molecule has 2 atom stereocenters. The Hall–Kier alpha value is 2.04. The maximum absolute atomic E-state index is 9.24. The van der Waals surface area contributed by atoms with Crippen LogP contribution in [0.5, 0.6) is 0 Å². The SMILES string of the molecule is CC(C)CO.O=[P+]([O-])O[P+](=O)[O-].[Na+].[Na+]. The van der Waals surface area contributed by atoms with E-state index in [0.29, 0.717) is 12.5 Å². The van der Waals surface area contributed by atoms with Crippen LogP contribution in [0, 0.1) is 5.92 Å². The number of rotatable bonds is 3. The Morgan fingerprint density at radius 2 is 1.43 bits per heavy atom. The quantitative estimate of drug-likeness (QED) is 0.400. The fourth-order valence-corrected chi connectivity index (χ4v) is 0.490. The van der Waals surface area contributed by atoms with Gasteiger partial charge in [-0.1, -0.05) is 13.8 Å². The van der Waals surface area contributed by atoms with E-state index in [0.717, 1.165) is 0 Å². The summed E-state index contributed by atoms with van der Waals surface area (Å²) in [5.41, 5.74) is 0. The van der Waals surface area contributed by atoms with Crippen LogP contribution in [0.3, 0.4) is 0 Å². The number of aliphatic hydroxyl groups excluding tert-OH is 1. The average Bonchev–Trinajstić information content (AvgIpc) is 1.85. The Morgan fingerprint density at radius 1 is 1.21 bits per heavy atom. The third kappa shape index (κ3) is 36.9. The maximum Gasteiger partial charge on any atom is 1.00 e. The average molecular weight is 262 g/mol. The molecule has 0 amide bonds. The predicted octanol–water partition coefficient (Wildman–Crippen LogP) is -6.32. The number of hydrogen-bond acceptors (Lipinski definition) is 6. The van der Waals surface area contributed by atoms with Crippen LogP contribution in [-0.2, 0) is 13.4 Å². The topological polar surface area (TPSA) is 110 Å². The number of aliphatic hydroxyl groups is 1. The van der Waals surface area contributed by atoms with Gasteiger partial charge in [0.15, 0.2) is 0 Å². The zero-order valence-electron chi connectivity index (χ0n) is 8.67. The molecule has 2 unspecified atom stereocenters. The monoisotopic (exact) mass is 262 g/mol. The van der Waals surface area contributed by atoms with Gasteiger partial charge in [-0.15, -0.1) is 0 Å². The minimum atomic E-state index is -3.24. The van der Waals surface area contributed by atoms with Gasteiger partial charge in [0.05, 0.1) is 0 Å². The van der Waals surface area contributed by atoms with Crippen molar-refractivity contribution in [3.63, 3.8) is 0 Å². The third-order valence-corrected chi connectivity index (χ3v) is 1.57. The van der Waals surface area contributed by atoms with E-state index in [1.165, 1.54) is 0 Å². The first-order valence-corrected chi connectivity index (χ1v) is 5.17. The van der Waals surface area contributed by atoms with Gasteiger partial charge in [0.1, 0.15) is 4.31 Å². The molecule has 0 fully saturated rings. The van der Waals surface area contributed by atoms with Crippen molar-refractivity contribution < 1.29 is 87.4 Å². The summed E-state index contributed by atoms with van der Waals surface area (Å²) < 4.78 is 21.6. The van der Waals surface area contributed by atoms with Crippen molar-refractivity contribution in [2.45, 2.75) is 13.8 Å². The number of hydrogen-bond donors (Lipinski definition) is 1. The molecule has 0 aliphatic rings. The first-order chi connectivity index (χ1) is 5.40. The van der Waals surface area contributed by atoms with Crippen LogP contribution in [0.25, 0.3) is 0 Å². The zero-order valence-corrected chi connectivity index (χ0v) is 14.5. The van der Waals surface area contributed by atoms with Gasteiger partial charge >= 0.3 is 75.6 Å². The second-order valence-electron chi connectivity index (χ2n) is 2.11. The molecule has 0 aromatic heterocycles. The van der Waals surface area contributed by atoms with Gasteiger partial charge in [0.2, 0.25) is 0 Å². The fourth-order valence-electron chi connectivity index (χ4n) is 0.0544. The van der Waals surface area contributed by atoms with Crippen molar-refractivity contribution in [2.24, 2.45) is 5.92 Å². The van der Waals surface area contributed by atoms with E-state index in [9.17, 15) is 18.9 Å². The molecule has 0 saturated heterocycles. The third-order valence-electron chi connectivity index (χ3n) is 0.498. The molecule has 72 valence electrons. The molecular weight excluding hydrogens is 252 g/mol. The summed E-state index contributed by atoms with van der Waals surface area (Å²) in [6.45, 7) is 4.25. The molecule has 0 aromatic carbocycles. The summed E-state index contributed by atoms with van der Waals surface area (Å²) >= 11 is 0. The maximum atomic E-state index is 9.24. The van der Waals surface area contributed by atoms with Crippen LogP contribution in [0.2, 0.25) is 0 Å². The molecule has 14 heavy (non-hydrogen) atoms. The minimum absolute atomic E-state index is 0. The van der Waals surface area contributed by atoms with Gasteiger partial charge in [-0.2, -0.15) is 0 Å². The van der Waals surface area contributed by atoms with E-state index in [-0.39, 0.29) is 59.1 Å². The van der Waals surface area contributed by atoms with E-state index in [4.69, 9.17) is 5.11 Å². The fraction of sp³-hybridized carbons (Fsp3) is 1.00. The van der Waals surface area contributed by atoms with Gasteiger partial charge in [0, 0.05) is 6.61 Å². The van der Waals surface area contributed by atoms with Crippen LogP contribution in [0.4, 0.5) is 0 Å². The molecule has 0 spiro atoms. The molecule has 0 aromatic rings. The summed E-state index contributed by atoms with van der Waals surface area (Å²) in [6, 6.07) is 0. The molecule has 0 bridgehead atoms. The minimum Gasteiger partial charge on any atom is -0.563 e. The molecular formula is C4H10Na2O6P2+2. The van der Waals surface area contributed by atoms with Gasteiger partial charge < -0.3 is 14.9 Å². The molecule has 0 saturated carbocycles. The summed E-state index contributed by atoms with van der Waals surface area (Å²) in [6.07, 6.45) is 0. The molecule has 0 heterocycles. The summed E-state index contributed by atoms with van der Waals surface area (Å²) in [7, 11) is -6.47. The second-order valence-corrected chi connectivity index (χ2v) is 3.65. The molecule has 0 aliphatic heterocycles. The summed E-state index contributed by atoms with van der Waals surface area (Å²) in [5.74, 6) is 0.440. The Bertz CT molecular complexity index is 143. The first-order valence-electron chi connectivity index (χ1n) is 2.97. The van der Waals surface area contributed by atoms with Crippen molar-refractivity contribution in [3.05, 3.63) is 0 Å². The molecule has 0 rings (SSSR count). The Kier molecular flexibility index (Phi) is 31.2. The zero-order chi connectivity index (χ0) is 10.1. The van der Waals surface area contributed by atoms with Crippen molar-refractivity contribution in [3.8, 4) is 0 Å². The van der Waals surface area contributed by atoms with Crippen LogP contribution >= 0.6 is 16.5 Å². The normalized spacial score (nSPS) is 10.1. The van der Waals surface area contributed by atoms with E-state index in [1.807, 2.05) is 13.8 Å². The Balaban J connectivity index is -0.0000000651. The first kappa shape index (κ1) is 25.0. The van der Waals surface area contributed by atoms with Gasteiger partial charge in [0.25, 0.3) is 0 Å². The van der Waals surface area contributed by atoms with E-state index >= 15 is 0 Å². The molecule has 1 N–H and O–H groups in total. The standard InChI is InChI=1S/C4H10O.2Na.O5P2/c1-4(2)3-5;;;1-6(2)5-7(3)4/h4-5H,3H2,1-2H3;;;/q;2*+1;. The van der Waals surface area contributed by atoms with Gasteiger partial charge in [-0.25, -0.2) is 0 Å². The van der Waals surface area contributed by atoms with Crippen LogP contribution in [-0.4, -0.2) is 11.7 Å². The Labute approximate surface area is 129 Å². The van der Waals surface area contributed by atoms with E-state index < -0.39 is 16.5 Å².